The minimum absolute atomic E-state index is 0.0279. The van der Waals surface area contributed by atoms with Crippen LogP contribution in [0.2, 0.25) is 0 Å². The molecule has 8 bridgehead atoms. The predicted molar refractivity (Wildman–Crippen MR) is 203 cm³/mol. The molecule has 1 amide bonds. The second-order valence-corrected chi connectivity index (χ2v) is 17.2. The molecule has 4 heterocycles. The van der Waals surface area contributed by atoms with Gasteiger partial charge in [-0.15, -0.1) is 0 Å². The molecule has 8 saturated carbocycles. The van der Waals surface area contributed by atoms with Gasteiger partial charge in [0.05, 0.1) is 24.2 Å². The molecule has 8 fully saturated rings. The van der Waals surface area contributed by atoms with E-state index in [0.29, 0.717) is 22.3 Å². The number of fused-ring (bicyclic) bond motifs is 2. The summed E-state index contributed by atoms with van der Waals surface area (Å²) < 4.78 is 13.0. The first-order chi connectivity index (χ1) is 26.4. The van der Waals surface area contributed by atoms with Gasteiger partial charge in [-0.05, 0) is 151 Å². The minimum Gasteiger partial charge on any atom is -0.476 e. The van der Waals surface area contributed by atoms with Gasteiger partial charge in [0.1, 0.15) is 0 Å². The Hall–Kier alpha value is -4.78. The SMILES string of the molecule is CCOC(=O)c1nc(C(=O)NC23CC4CC(CC(C4)C2)C3)c2ccccn12.CCOC(=O)c1nc(C(=O)O)c2ccccn12.NC12CC3CC(CC(C3)C1)C2. The van der Waals surface area contributed by atoms with Crippen molar-refractivity contribution in [2.75, 3.05) is 13.2 Å². The average Bonchev–Trinajstić information content (AvgIpc) is 3.71. The number of nitrogens with two attached hydrogens (primary N) is 1. The predicted octanol–water partition coefficient (Wildman–Crippen LogP) is 6.33. The van der Waals surface area contributed by atoms with Crippen LogP contribution in [0.3, 0.4) is 0 Å². The summed E-state index contributed by atoms with van der Waals surface area (Å²) in [4.78, 5) is 56.2. The highest BCUT2D eigenvalue weighted by molar-refractivity contribution is 6.01. The van der Waals surface area contributed by atoms with E-state index in [1.807, 2.05) is 18.2 Å². The molecule has 292 valence electrons. The molecule has 0 saturated heterocycles. The standard InChI is InChI=1S/C21H25N3O3.C11H10N2O4.C10H17N/c1-2-27-20(26)18-22-17(16-5-3-4-6-24(16)18)19(25)23-21-10-13-7-14(11-21)9-15(8-13)12-21;1-2-17-11(16)9-12-8(10(14)15)7-5-3-4-6-13(7)9;11-10-4-7-1-8(5-10)3-9(2-7)6-10/h3-6,13-15H,2,7-12H2,1H3,(H,23,25);3-6H,2H2,1H3,(H,14,15);7-9H,1-6,11H2. The Balaban J connectivity index is 0.000000129. The smallest absolute Gasteiger partial charge is 0.374 e. The van der Waals surface area contributed by atoms with Gasteiger partial charge in [-0.3, -0.25) is 13.6 Å². The number of aromatic nitrogens is 4. The first-order valence-electron chi connectivity index (χ1n) is 20.1. The lowest BCUT2D eigenvalue weighted by Gasteiger charge is -2.56. The number of carboxylic acids is 1. The molecule has 8 aliphatic rings. The number of carbonyl (C=O) groups excluding carboxylic acids is 3. The molecule has 4 N–H and O–H groups in total. The highest BCUT2D eigenvalue weighted by Crippen LogP contribution is 2.56. The lowest BCUT2D eigenvalue weighted by Crippen LogP contribution is -2.59. The summed E-state index contributed by atoms with van der Waals surface area (Å²) in [6, 6.07) is 10.4. The van der Waals surface area contributed by atoms with Crippen molar-refractivity contribution in [3.8, 4) is 0 Å². The molecule has 0 aliphatic heterocycles. The number of rotatable bonds is 7. The average molecular weight is 753 g/mol. The number of aromatic carboxylic acids is 1. The third-order valence-corrected chi connectivity index (χ3v) is 12.9. The third kappa shape index (κ3) is 7.35. The number of imidazole rings is 2. The number of ether oxygens (including phenoxy) is 2. The molecule has 0 spiro atoms. The van der Waals surface area contributed by atoms with Gasteiger partial charge in [-0.1, -0.05) is 12.1 Å². The molecule has 0 aromatic carbocycles. The van der Waals surface area contributed by atoms with Gasteiger partial charge in [0.2, 0.25) is 11.6 Å². The van der Waals surface area contributed by atoms with E-state index in [0.717, 1.165) is 54.8 Å². The summed E-state index contributed by atoms with van der Waals surface area (Å²) in [5, 5.41) is 12.3. The van der Waals surface area contributed by atoms with E-state index >= 15 is 0 Å². The van der Waals surface area contributed by atoms with Crippen LogP contribution in [0.15, 0.2) is 48.8 Å². The largest absolute Gasteiger partial charge is 0.476 e. The number of pyridine rings is 2. The van der Waals surface area contributed by atoms with Crippen molar-refractivity contribution in [1.29, 1.82) is 0 Å². The number of nitrogens with zero attached hydrogens (tertiary/aromatic N) is 4. The summed E-state index contributed by atoms with van der Waals surface area (Å²) in [5.74, 6) is 2.96. The van der Waals surface area contributed by atoms with Crippen molar-refractivity contribution in [3.63, 3.8) is 0 Å². The molecule has 0 radical (unpaired) electrons. The second kappa shape index (κ2) is 14.7. The van der Waals surface area contributed by atoms with Crippen LogP contribution in [-0.4, -0.2) is 72.0 Å². The molecular weight excluding hydrogens is 700 g/mol. The van der Waals surface area contributed by atoms with Crippen LogP contribution in [0.25, 0.3) is 11.0 Å². The first-order valence-corrected chi connectivity index (χ1v) is 20.1. The molecule has 4 aromatic heterocycles. The zero-order chi connectivity index (χ0) is 38.5. The van der Waals surface area contributed by atoms with Crippen molar-refractivity contribution in [1.82, 2.24) is 24.1 Å². The number of hydrogen-bond donors (Lipinski definition) is 3. The van der Waals surface area contributed by atoms with E-state index in [2.05, 4.69) is 15.3 Å². The van der Waals surface area contributed by atoms with Gasteiger partial charge >= 0.3 is 17.9 Å². The number of carbonyl (C=O) groups is 4. The van der Waals surface area contributed by atoms with Crippen LogP contribution in [0.1, 0.15) is 133 Å². The first kappa shape index (κ1) is 37.2. The second-order valence-electron chi connectivity index (χ2n) is 17.2. The summed E-state index contributed by atoms with van der Waals surface area (Å²) >= 11 is 0. The maximum absolute atomic E-state index is 13.2. The van der Waals surface area contributed by atoms with Crippen LogP contribution in [0.5, 0.6) is 0 Å². The lowest BCUT2D eigenvalue weighted by atomic mass is 9.53. The van der Waals surface area contributed by atoms with Crippen molar-refractivity contribution in [2.45, 2.75) is 102 Å². The fourth-order valence-corrected chi connectivity index (χ4v) is 11.8. The number of amides is 1. The Morgan fingerprint density at radius 1 is 0.691 bits per heavy atom. The minimum atomic E-state index is -1.18. The van der Waals surface area contributed by atoms with Gasteiger partial charge in [0.25, 0.3) is 5.91 Å². The molecule has 55 heavy (non-hydrogen) atoms. The Morgan fingerprint density at radius 3 is 1.49 bits per heavy atom. The van der Waals surface area contributed by atoms with Crippen LogP contribution in [0, 0.1) is 35.5 Å². The Morgan fingerprint density at radius 2 is 1.09 bits per heavy atom. The summed E-state index contributed by atoms with van der Waals surface area (Å²) in [7, 11) is 0. The van der Waals surface area contributed by atoms with E-state index in [1.165, 1.54) is 62.2 Å². The number of nitrogens with one attached hydrogen (secondary N) is 1. The molecule has 13 nitrogen and oxygen atoms in total. The van der Waals surface area contributed by atoms with E-state index in [9.17, 15) is 19.2 Å². The number of carboxylic acid groups (broad SMARTS) is 1. The van der Waals surface area contributed by atoms with Gasteiger partial charge in [-0.2, -0.15) is 0 Å². The Kier molecular flexibility index (Phi) is 9.93. The van der Waals surface area contributed by atoms with Crippen LogP contribution >= 0.6 is 0 Å². The molecule has 0 atom stereocenters. The van der Waals surface area contributed by atoms with Crippen molar-refractivity contribution >= 4 is 34.8 Å². The molecule has 4 aromatic rings. The van der Waals surface area contributed by atoms with Gasteiger partial charge < -0.3 is 25.6 Å². The highest BCUT2D eigenvalue weighted by Gasteiger charge is 2.52. The van der Waals surface area contributed by atoms with Crippen molar-refractivity contribution in [3.05, 3.63) is 71.8 Å². The molecule has 13 heteroatoms. The Bertz CT molecular complexity index is 2050. The zero-order valence-electron chi connectivity index (χ0n) is 31.7. The van der Waals surface area contributed by atoms with Crippen molar-refractivity contribution in [2.24, 2.45) is 41.2 Å². The molecule has 0 unspecified atom stereocenters. The maximum Gasteiger partial charge on any atom is 0.374 e. The monoisotopic (exact) mass is 752 g/mol. The van der Waals surface area contributed by atoms with E-state index in [4.69, 9.17) is 20.3 Å². The number of esters is 2. The van der Waals surface area contributed by atoms with Gasteiger partial charge in [0.15, 0.2) is 11.4 Å². The normalized spacial score (nSPS) is 30.6. The summed E-state index contributed by atoms with van der Waals surface area (Å²) in [5.41, 5.74) is 7.70. The fraction of sp³-hybridized carbons (Fsp3) is 0.571. The topological polar surface area (TPSA) is 180 Å². The van der Waals surface area contributed by atoms with Gasteiger partial charge in [-0.25, -0.2) is 24.4 Å². The van der Waals surface area contributed by atoms with Crippen LogP contribution < -0.4 is 11.1 Å². The zero-order valence-corrected chi connectivity index (χ0v) is 31.7. The van der Waals surface area contributed by atoms with Crippen molar-refractivity contribution < 1.29 is 33.8 Å². The fourth-order valence-electron chi connectivity index (χ4n) is 11.8. The Labute approximate surface area is 320 Å². The molecular formula is C42H52N6O7. The summed E-state index contributed by atoms with van der Waals surface area (Å²) in [6.07, 6.45) is 19.1. The third-order valence-electron chi connectivity index (χ3n) is 12.9. The van der Waals surface area contributed by atoms with E-state index < -0.39 is 17.9 Å². The van der Waals surface area contributed by atoms with E-state index in [1.54, 1.807) is 48.8 Å². The quantitative estimate of drug-likeness (QED) is 0.181. The van der Waals surface area contributed by atoms with Crippen LogP contribution in [-0.2, 0) is 9.47 Å². The van der Waals surface area contributed by atoms with Gasteiger partial charge in [0, 0.05) is 23.5 Å². The number of hydrogen-bond acceptors (Lipinski definition) is 9. The van der Waals surface area contributed by atoms with E-state index in [-0.39, 0.29) is 42.0 Å². The lowest BCUT2D eigenvalue weighted by molar-refractivity contribution is -0.0167. The van der Waals surface area contributed by atoms with Crippen LogP contribution in [0.4, 0.5) is 0 Å². The molecule has 8 aliphatic carbocycles. The maximum atomic E-state index is 13.2. The molecule has 12 rings (SSSR count). The highest BCUT2D eigenvalue weighted by atomic mass is 16.5. The summed E-state index contributed by atoms with van der Waals surface area (Å²) in [6.45, 7) is 3.92.